The standard InChI is InChI=1S/C11H10N4O/c1-7-5-14-11(15-6-7)10-9(8(2)16)12-3-4-13-10/h3-6H,1-2H3. The fraction of sp³-hybridized carbons (Fsp3) is 0.182. The third kappa shape index (κ3) is 1.93. The van der Waals surface area contributed by atoms with Crippen molar-refractivity contribution in [1.82, 2.24) is 19.9 Å². The third-order valence-corrected chi connectivity index (χ3v) is 2.02. The molecule has 0 saturated carbocycles. The molecule has 0 aliphatic carbocycles. The molecule has 2 aromatic rings. The molecule has 0 spiro atoms. The summed E-state index contributed by atoms with van der Waals surface area (Å²) < 4.78 is 0. The molecule has 2 aromatic heterocycles. The molecule has 0 unspecified atom stereocenters. The Morgan fingerprint density at radius 2 is 1.69 bits per heavy atom. The van der Waals surface area contributed by atoms with E-state index in [1.165, 1.54) is 19.3 Å². The maximum absolute atomic E-state index is 11.3. The van der Waals surface area contributed by atoms with E-state index in [0.29, 0.717) is 17.2 Å². The van der Waals surface area contributed by atoms with Gasteiger partial charge < -0.3 is 0 Å². The largest absolute Gasteiger partial charge is 0.293 e. The predicted molar refractivity (Wildman–Crippen MR) is 57.8 cm³/mol. The van der Waals surface area contributed by atoms with Crippen molar-refractivity contribution in [2.75, 3.05) is 0 Å². The first-order valence-corrected chi connectivity index (χ1v) is 4.79. The molecular weight excluding hydrogens is 204 g/mol. The van der Waals surface area contributed by atoms with Gasteiger partial charge in [0.15, 0.2) is 11.6 Å². The quantitative estimate of drug-likeness (QED) is 0.707. The smallest absolute Gasteiger partial charge is 0.180 e. The molecule has 16 heavy (non-hydrogen) atoms. The van der Waals surface area contributed by atoms with Gasteiger partial charge in [0.1, 0.15) is 11.4 Å². The third-order valence-electron chi connectivity index (χ3n) is 2.02. The second kappa shape index (κ2) is 4.14. The number of carbonyl (C=O) groups excluding carboxylic acids is 1. The second-order valence-corrected chi connectivity index (χ2v) is 3.39. The Morgan fingerprint density at radius 1 is 1.06 bits per heavy atom. The van der Waals surface area contributed by atoms with Crippen LogP contribution in [0.15, 0.2) is 24.8 Å². The monoisotopic (exact) mass is 214 g/mol. The van der Waals surface area contributed by atoms with Crippen LogP contribution in [-0.4, -0.2) is 25.7 Å². The summed E-state index contributed by atoms with van der Waals surface area (Å²) in [5, 5.41) is 0. The van der Waals surface area contributed by atoms with Crippen LogP contribution >= 0.6 is 0 Å². The van der Waals surface area contributed by atoms with Gasteiger partial charge in [-0.15, -0.1) is 0 Å². The fourth-order valence-corrected chi connectivity index (χ4v) is 1.27. The first-order chi connectivity index (χ1) is 7.68. The molecule has 5 nitrogen and oxygen atoms in total. The Kier molecular flexibility index (Phi) is 2.68. The average Bonchev–Trinajstić information content (AvgIpc) is 2.30. The Labute approximate surface area is 92.6 Å². The summed E-state index contributed by atoms with van der Waals surface area (Å²) in [5.74, 6) is 0.274. The van der Waals surface area contributed by atoms with Crippen LogP contribution in [0, 0.1) is 6.92 Å². The highest BCUT2D eigenvalue weighted by molar-refractivity contribution is 5.96. The lowest BCUT2D eigenvalue weighted by Gasteiger charge is -2.02. The number of aromatic nitrogens is 4. The fourth-order valence-electron chi connectivity index (χ4n) is 1.27. The predicted octanol–water partition coefficient (Wildman–Crippen LogP) is 1.44. The van der Waals surface area contributed by atoms with Gasteiger partial charge in [-0.25, -0.2) is 19.9 Å². The summed E-state index contributed by atoms with van der Waals surface area (Å²) in [6, 6.07) is 0. The van der Waals surface area contributed by atoms with Crippen LogP contribution < -0.4 is 0 Å². The van der Waals surface area contributed by atoms with Crippen LogP contribution in [0.1, 0.15) is 23.0 Å². The van der Waals surface area contributed by atoms with Crippen LogP contribution in [0.2, 0.25) is 0 Å². The van der Waals surface area contributed by atoms with Crippen LogP contribution in [0.3, 0.4) is 0 Å². The number of carbonyl (C=O) groups is 1. The van der Waals surface area contributed by atoms with E-state index in [0.717, 1.165) is 5.56 Å². The molecule has 0 fully saturated rings. The molecule has 0 amide bonds. The SMILES string of the molecule is CC(=O)c1nccnc1-c1ncc(C)cn1. The highest BCUT2D eigenvalue weighted by Crippen LogP contribution is 2.14. The molecule has 80 valence electrons. The van der Waals surface area contributed by atoms with Gasteiger partial charge in [0.25, 0.3) is 0 Å². The molecule has 2 heterocycles. The molecule has 0 saturated heterocycles. The van der Waals surface area contributed by atoms with Gasteiger partial charge in [0.2, 0.25) is 0 Å². The highest BCUT2D eigenvalue weighted by atomic mass is 16.1. The van der Waals surface area contributed by atoms with Crippen molar-refractivity contribution in [3.8, 4) is 11.5 Å². The topological polar surface area (TPSA) is 68.6 Å². The zero-order valence-electron chi connectivity index (χ0n) is 9.01. The summed E-state index contributed by atoms with van der Waals surface area (Å²) >= 11 is 0. The van der Waals surface area contributed by atoms with E-state index in [-0.39, 0.29) is 5.78 Å². The van der Waals surface area contributed by atoms with E-state index >= 15 is 0 Å². The molecule has 0 N–H and O–H groups in total. The van der Waals surface area contributed by atoms with E-state index in [9.17, 15) is 4.79 Å². The van der Waals surface area contributed by atoms with Crippen LogP contribution in [0.25, 0.3) is 11.5 Å². The van der Waals surface area contributed by atoms with Gasteiger partial charge in [-0.1, -0.05) is 0 Å². The number of aryl methyl sites for hydroxylation is 1. The molecule has 0 aliphatic heterocycles. The molecule has 5 heteroatoms. The van der Waals surface area contributed by atoms with Crippen molar-refractivity contribution in [1.29, 1.82) is 0 Å². The van der Waals surface area contributed by atoms with E-state index in [1.54, 1.807) is 12.4 Å². The van der Waals surface area contributed by atoms with Gasteiger partial charge >= 0.3 is 0 Å². The highest BCUT2D eigenvalue weighted by Gasteiger charge is 2.13. The Balaban J connectivity index is 2.55. The van der Waals surface area contributed by atoms with Crippen LogP contribution in [-0.2, 0) is 0 Å². The van der Waals surface area contributed by atoms with Crippen LogP contribution in [0.5, 0.6) is 0 Å². The first-order valence-electron chi connectivity index (χ1n) is 4.79. The lowest BCUT2D eigenvalue weighted by molar-refractivity contribution is 0.101. The molecule has 0 aromatic carbocycles. The minimum Gasteiger partial charge on any atom is -0.293 e. The van der Waals surface area contributed by atoms with Crippen molar-refractivity contribution in [2.24, 2.45) is 0 Å². The molecule has 0 aliphatic rings. The Morgan fingerprint density at radius 3 is 2.31 bits per heavy atom. The van der Waals surface area contributed by atoms with Gasteiger partial charge in [-0.2, -0.15) is 0 Å². The van der Waals surface area contributed by atoms with Crippen molar-refractivity contribution in [3.05, 3.63) is 36.0 Å². The molecule has 0 bridgehead atoms. The Bertz CT molecular complexity index is 522. The summed E-state index contributed by atoms with van der Waals surface area (Å²) in [5.41, 5.74) is 1.68. The minimum atomic E-state index is -0.146. The van der Waals surface area contributed by atoms with Gasteiger partial charge in [-0.05, 0) is 12.5 Å². The van der Waals surface area contributed by atoms with Crippen molar-refractivity contribution in [3.63, 3.8) is 0 Å². The van der Waals surface area contributed by atoms with Crippen LogP contribution in [0.4, 0.5) is 0 Å². The van der Waals surface area contributed by atoms with Gasteiger partial charge in [0.05, 0.1) is 0 Å². The second-order valence-electron chi connectivity index (χ2n) is 3.39. The number of rotatable bonds is 2. The van der Waals surface area contributed by atoms with E-state index < -0.39 is 0 Å². The zero-order valence-corrected chi connectivity index (χ0v) is 9.01. The zero-order chi connectivity index (χ0) is 11.5. The van der Waals surface area contributed by atoms with E-state index in [2.05, 4.69) is 19.9 Å². The maximum atomic E-state index is 11.3. The van der Waals surface area contributed by atoms with Gasteiger partial charge in [0, 0.05) is 31.7 Å². The van der Waals surface area contributed by atoms with E-state index in [1.807, 2.05) is 6.92 Å². The lowest BCUT2D eigenvalue weighted by atomic mass is 10.2. The minimum absolute atomic E-state index is 0.146. The number of ketones is 1. The maximum Gasteiger partial charge on any atom is 0.180 e. The normalized spacial score (nSPS) is 10.1. The molecule has 2 rings (SSSR count). The van der Waals surface area contributed by atoms with Crippen molar-refractivity contribution >= 4 is 5.78 Å². The van der Waals surface area contributed by atoms with Crippen molar-refractivity contribution in [2.45, 2.75) is 13.8 Å². The molecule has 0 atom stereocenters. The summed E-state index contributed by atoms with van der Waals surface area (Å²) in [6.07, 6.45) is 6.36. The summed E-state index contributed by atoms with van der Waals surface area (Å²) in [7, 11) is 0. The summed E-state index contributed by atoms with van der Waals surface area (Å²) in [6.45, 7) is 3.34. The average molecular weight is 214 g/mol. The molecule has 0 radical (unpaired) electrons. The first kappa shape index (κ1) is 10.4. The number of Topliss-reactive ketones (excluding diaryl/α,β-unsaturated/α-hetero) is 1. The summed E-state index contributed by atoms with van der Waals surface area (Å²) in [4.78, 5) is 27.7. The number of hydrogen-bond donors (Lipinski definition) is 0. The van der Waals surface area contributed by atoms with E-state index in [4.69, 9.17) is 0 Å². The number of nitrogens with zero attached hydrogens (tertiary/aromatic N) is 4. The lowest BCUT2D eigenvalue weighted by Crippen LogP contribution is -2.04. The Hall–Kier alpha value is -2.17. The van der Waals surface area contributed by atoms with Crippen molar-refractivity contribution < 1.29 is 4.79 Å². The molecular formula is C11H10N4O. The van der Waals surface area contributed by atoms with Gasteiger partial charge in [-0.3, -0.25) is 4.79 Å². The number of hydrogen-bond acceptors (Lipinski definition) is 5.